The Labute approximate surface area is 127 Å². The highest BCUT2D eigenvalue weighted by molar-refractivity contribution is 5.79. The summed E-state index contributed by atoms with van der Waals surface area (Å²) in [5, 5.41) is 13.2. The molecule has 0 saturated heterocycles. The Kier molecular flexibility index (Phi) is 3.49. The Hall–Kier alpha value is -0.610. The van der Waals surface area contributed by atoms with Crippen molar-refractivity contribution >= 4 is 5.97 Å². The third-order valence-electron chi connectivity index (χ3n) is 5.85. The van der Waals surface area contributed by atoms with Gasteiger partial charge in [0.1, 0.15) is 5.54 Å². The van der Waals surface area contributed by atoms with E-state index in [1.54, 1.807) is 0 Å². The van der Waals surface area contributed by atoms with Crippen LogP contribution in [-0.2, 0) is 4.79 Å². The highest BCUT2D eigenvalue weighted by atomic mass is 16.4. The lowest BCUT2D eigenvalue weighted by atomic mass is 9.97. The molecule has 0 bridgehead atoms. The van der Waals surface area contributed by atoms with E-state index >= 15 is 0 Å². The Morgan fingerprint density at radius 2 is 1.67 bits per heavy atom. The van der Waals surface area contributed by atoms with E-state index in [1.165, 1.54) is 38.8 Å². The first-order chi connectivity index (χ1) is 10.1. The first-order valence-electron chi connectivity index (χ1n) is 8.90. The van der Waals surface area contributed by atoms with Crippen molar-refractivity contribution in [3.8, 4) is 0 Å². The van der Waals surface area contributed by atoms with Gasteiger partial charge < -0.3 is 5.11 Å². The van der Waals surface area contributed by atoms with Gasteiger partial charge in [-0.2, -0.15) is 0 Å². The lowest BCUT2D eigenvalue weighted by Gasteiger charge is -2.31. The molecule has 0 aliphatic heterocycles. The third kappa shape index (κ3) is 3.26. The van der Waals surface area contributed by atoms with E-state index in [4.69, 9.17) is 0 Å². The molecule has 4 aliphatic rings. The number of hydrogen-bond acceptors (Lipinski definition) is 3. The fraction of sp³-hybridized carbons (Fsp3) is 0.941. The summed E-state index contributed by atoms with van der Waals surface area (Å²) in [5.74, 6) is 1.19. The van der Waals surface area contributed by atoms with Crippen LogP contribution in [0.2, 0.25) is 0 Å². The monoisotopic (exact) mass is 292 g/mol. The maximum Gasteiger partial charge on any atom is 0.323 e. The van der Waals surface area contributed by atoms with E-state index in [0.717, 1.165) is 43.9 Å². The molecular weight excluding hydrogens is 264 g/mol. The zero-order valence-corrected chi connectivity index (χ0v) is 12.9. The Morgan fingerprint density at radius 3 is 2.14 bits per heavy atom. The molecule has 0 aromatic heterocycles. The van der Waals surface area contributed by atoms with Crippen LogP contribution < -0.4 is 5.32 Å². The summed E-state index contributed by atoms with van der Waals surface area (Å²) in [7, 11) is 0. The average molecular weight is 292 g/mol. The summed E-state index contributed by atoms with van der Waals surface area (Å²) in [5.41, 5.74) is -0.628. The van der Waals surface area contributed by atoms with Crippen LogP contribution in [-0.4, -0.2) is 46.7 Å². The second-order valence-electron chi connectivity index (χ2n) is 8.04. The zero-order valence-electron chi connectivity index (χ0n) is 12.9. The van der Waals surface area contributed by atoms with E-state index in [2.05, 4.69) is 10.2 Å². The Bertz CT molecular complexity index is 401. The predicted octanol–water partition coefficient (Wildman–Crippen LogP) is 2.24. The lowest BCUT2D eigenvalue weighted by molar-refractivity contribution is -0.145. The second-order valence-corrected chi connectivity index (χ2v) is 8.04. The molecule has 4 saturated carbocycles. The fourth-order valence-corrected chi connectivity index (χ4v) is 3.97. The number of rotatable bonds is 8. The van der Waals surface area contributed by atoms with Crippen LogP contribution in [0.25, 0.3) is 0 Å². The molecular formula is C17H28N2O2. The van der Waals surface area contributed by atoms with Crippen molar-refractivity contribution < 1.29 is 9.90 Å². The minimum atomic E-state index is -0.628. The summed E-state index contributed by atoms with van der Waals surface area (Å²) in [6, 6.07) is 0.966. The molecule has 2 N–H and O–H groups in total. The molecule has 4 fully saturated rings. The van der Waals surface area contributed by atoms with Crippen molar-refractivity contribution in [1.82, 2.24) is 10.2 Å². The molecule has 4 nitrogen and oxygen atoms in total. The molecule has 4 aliphatic carbocycles. The lowest BCUT2D eigenvalue weighted by Crippen LogP contribution is -2.52. The molecule has 0 heterocycles. The number of carboxylic acids is 1. The van der Waals surface area contributed by atoms with Gasteiger partial charge in [-0.25, -0.2) is 0 Å². The van der Waals surface area contributed by atoms with Crippen LogP contribution in [0.3, 0.4) is 0 Å². The summed E-state index contributed by atoms with van der Waals surface area (Å²) >= 11 is 0. The van der Waals surface area contributed by atoms with E-state index in [-0.39, 0.29) is 0 Å². The van der Waals surface area contributed by atoms with Crippen LogP contribution in [0.15, 0.2) is 0 Å². The van der Waals surface area contributed by atoms with E-state index in [0.29, 0.717) is 12.1 Å². The Morgan fingerprint density at radius 1 is 1.05 bits per heavy atom. The molecule has 2 atom stereocenters. The van der Waals surface area contributed by atoms with Crippen LogP contribution in [0.4, 0.5) is 0 Å². The largest absolute Gasteiger partial charge is 0.480 e. The first-order valence-corrected chi connectivity index (χ1v) is 8.90. The molecule has 0 aromatic rings. The van der Waals surface area contributed by atoms with Gasteiger partial charge in [-0.3, -0.25) is 15.0 Å². The highest BCUT2D eigenvalue weighted by Gasteiger charge is 2.50. The van der Waals surface area contributed by atoms with E-state index in [9.17, 15) is 9.90 Å². The molecule has 0 spiro atoms. The minimum absolute atomic E-state index is 0.472. The molecule has 4 heteroatoms. The zero-order chi connectivity index (χ0) is 14.4. The molecule has 0 amide bonds. The van der Waals surface area contributed by atoms with Crippen molar-refractivity contribution in [3.05, 3.63) is 0 Å². The maximum absolute atomic E-state index is 11.8. The number of carbonyl (C=O) groups is 1. The first kappa shape index (κ1) is 14.0. The number of nitrogens with zero attached hydrogens (tertiary/aromatic N) is 1. The minimum Gasteiger partial charge on any atom is -0.480 e. The standard InChI is InChI=1S/C17H28N2O2/c20-16(21)17(18-14-5-6-14)8-7-15(9-17)19(10-12-1-2-12)11-13-3-4-13/h12-15,18H,1-11H2,(H,20,21). The van der Waals surface area contributed by atoms with Crippen molar-refractivity contribution in [2.24, 2.45) is 11.8 Å². The van der Waals surface area contributed by atoms with Gasteiger partial charge in [0.25, 0.3) is 0 Å². The summed E-state index contributed by atoms with van der Waals surface area (Å²) in [6.07, 6.45) is 10.6. The third-order valence-corrected chi connectivity index (χ3v) is 5.85. The van der Waals surface area contributed by atoms with Gasteiger partial charge in [0.15, 0.2) is 0 Å². The maximum atomic E-state index is 11.8. The Balaban J connectivity index is 1.42. The number of aliphatic carboxylic acids is 1. The highest BCUT2D eigenvalue weighted by Crippen LogP contribution is 2.40. The molecule has 2 unspecified atom stereocenters. The second kappa shape index (κ2) is 5.24. The number of hydrogen-bond donors (Lipinski definition) is 2. The van der Waals surface area contributed by atoms with Gasteiger partial charge in [-0.05, 0) is 69.6 Å². The smallest absolute Gasteiger partial charge is 0.323 e. The van der Waals surface area contributed by atoms with Crippen LogP contribution in [0.5, 0.6) is 0 Å². The molecule has 118 valence electrons. The van der Waals surface area contributed by atoms with E-state index < -0.39 is 11.5 Å². The predicted molar refractivity (Wildman–Crippen MR) is 81.2 cm³/mol. The van der Waals surface area contributed by atoms with Crippen molar-refractivity contribution in [2.75, 3.05) is 13.1 Å². The average Bonchev–Trinajstić information content (AvgIpc) is 3.26. The normalized spacial score (nSPS) is 36.3. The summed E-state index contributed by atoms with van der Waals surface area (Å²) in [6.45, 7) is 2.45. The van der Waals surface area contributed by atoms with Gasteiger partial charge in [0.2, 0.25) is 0 Å². The van der Waals surface area contributed by atoms with Crippen molar-refractivity contribution in [2.45, 2.75) is 75.4 Å². The molecule has 4 rings (SSSR count). The van der Waals surface area contributed by atoms with Crippen molar-refractivity contribution in [3.63, 3.8) is 0 Å². The van der Waals surface area contributed by atoms with Crippen LogP contribution in [0, 0.1) is 11.8 Å². The summed E-state index contributed by atoms with van der Waals surface area (Å²) < 4.78 is 0. The SMILES string of the molecule is O=C(O)C1(NC2CC2)CCC(N(CC2CC2)CC2CC2)C1. The molecule has 21 heavy (non-hydrogen) atoms. The topological polar surface area (TPSA) is 52.6 Å². The quantitative estimate of drug-likeness (QED) is 0.720. The van der Waals surface area contributed by atoms with Gasteiger partial charge >= 0.3 is 5.97 Å². The molecule has 0 radical (unpaired) electrons. The van der Waals surface area contributed by atoms with E-state index in [1.807, 2.05) is 0 Å². The summed E-state index contributed by atoms with van der Waals surface area (Å²) in [4.78, 5) is 14.5. The molecule has 0 aromatic carbocycles. The van der Waals surface area contributed by atoms with Gasteiger partial charge in [-0.1, -0.05) is 0 Å². The number of carboxylic acid groups (broad SMARTS) is 1. The number of nitrogens with one attached hydrogen (secondary N) is 1. The van der Waals surface area contributed by atoms with Crippen LogP contribution >= 0.6 is 0 Å². The van der Waals surface area contributed by atoms with Gasteiger partial charge in [0, 0.05) is 25.2 Å². The fourth-order valence-electron chi connectivity index (χ4n) is 3.97. The van der Waals surface area contributed by atoms with Gasteiger partial charge in [0.05, 0.1) is 0 Å². The van der Waals surface area contributed by atoms with Gasteiger partial charge in [-0.15, -0.1) is 0 Å². The van der Waals surface area contributed by atoms with Crippen molar-refractivity contribution in [1.29, 1.82) is 0 Å². The van der Waals surface area contributed by atoms with Crippen LogP contribution in [0.1, 0.15) is 57.8 Å².